The standard InChI is InChI=1S/C34H40ClN5O7S/c1-47-28(42)18-38-24(19-48)8-7-21-12-16-37(29(21)32(38)45)31(44)27-10-9-23-11-14-34(33(46)40(23)27)13-4-15-39(34)30(43)26(36-20-41)17-22-5-2-3-6-25(22)35/h2-3,5-8,11,14,20-21,23-24,26-27,29,48H,4,9-10,12-13,15-19H2,1H3,(H,36,41)/t21-,23-,24-,26-,27-,29-,34+/m0/s1. The minimum atomic E-state index is -1.30. The molecule has 5 aliphatic rings. The van der Waals surface area contributed by atoms with Crippen molar-refractivity contribution in [3.05, 3.63) is 59.2 Å². The molecule has 3 saturated heterocycles. The van der Waals surface area contributed by atoms with Crippen LogP contribution in [0.25, 0.3) is 0 Å². The predicted octanol–water partition coefficient (Wildman–Crippen LogP) is 1.37. The topological polar surface area (TPSA) is 137 Å². The zero-order chi connectivity index (χ0) is 34.2. The number of nitrogens with zero attached hydrogens (tertiary/aromatic N) is 4. The van der Waals surface area contributed by atoms with Gasteiger partial charge in [0.05, 0.1) is 19.2 Å². The van der Waals surface area contributed by atoms with E-state index in [0.717, 1.165) is 0 Å². The first-order valence-electron chi connectivity index (χ1n) is 16.4. The Morgan fingerprint density at radius 3 is 2.65 bits per heavy atom. The number of likely N-dealkylation sites (tertiary alicyclic amines) is 2. The van der Waals surface area contributed by atoms with Crippen LogP contribution in [-0.4, -0.2) is 124 Å². The Balaban J connectivity index is 1.25. The van der Waals surface area contributed by atoms with Gasteiger partial charge in [-0.1, -0.05) is 54.1 Å². The molecule has 0 bridgehead atoms. The van der Waals surface area contributed by atoms with Gasteiger partial charge in [0.15, 0.2) is 0 Å². The zero-order valence-electron chi connectivity index (χ0n) is 26.7. The number of amides is 5. The van der Waals surface area contributed by atoms with Crippen molar-refractivity contribution in [1.29, 1.82) is 0 Å². The van der Waals surface area contributed by atoms with Crippen molar-refractivity contribution in [3.63, 3.8) is 0 Å². The number of benzene rings is 1. The van der Waals surface area contributed by atoms with Gasteiger partial charge in [-0.25, -0.2) is 0 Å². The minimum Gasteiger partial charge on any atom is -0.468 e. The van der Waals surface area contributed by atoms with Crippen molar-refractivity contribution in [2.24, 2.45) is 5.92 Å². The van der Waals surface area contributed by atoms with Crippen molar-refractivity contribution in [3.8, 4) is 0 Å². The van der Waals surface area contributed by atoms with Crippen molar-refractivity contribution < 1.29 is 33.5 Å². The highest BCUT2D eigenvalue weighted by Crippen LogP contribution is 2.42. The van der Waals surface area contributed by atoms with Gasteiger partial charge in [0.1, 0.15) is 30.2 Å². The van der Waals surface area contributed by atoms with Gasteiger partial charge in [0.25, 0.3) is 5.91 Å². The number of ether oxygens (including phenoxy) is 1. The molecule has 7 atom stereocenters. The number of carbonyl (C=O) groups excluding carboxylic acids is 6. The smallest absolute Gasteiger partial charge is 0.325 e. The minimum absolute atomic E-state index is 0.149. The van der Waals surface area contributed by atoms with Crippen LogP contribution in [-0.2, 0) is 39.9 Å². The molecule has 1 aromatic carbocycles. The summed E-state index contributed by atoms with van der Waals surface area (Å²) in [5.74, 6) is -1.91. The Bertz CT molecular complexity index is 1550. The number of rotatable bonds is 9. The molecule has 0 radical (unpaired) electrons. The van der Waals surface area contributed by atoms with Crippen LogP contribution >= 0.6 is 24.2 Å². The van der Waals surface area contributed by atoms with Gasteiger partial charge in [0.2, 0.25) is 24.1 Å². The van der Waals surface area contributed by atoms with E-state index in [1.807, 2.05) is 18.2 Å². The van der Waals surface area contributed by atoms with Crippen LogP contribution in [0.15, 0.2) is 48.6 Å². The summed E-state index contributed by atoms with van der Waals surface area (Å²) in [6.07, 6.45) is 10.6. The summed E-state index contributed by atoms with van der Waals surface area (Å²) in [6, 6.07) is 3.74. The Labute approximate surface area is 289 Å². The molecule has 1 N–H and O–H groups in total. The first-order chi connectivity index (χ1) is 23.1. The summed E-state index contributed by atoms with van der Waals surface area (Å²) >= 11 is 10.8. The van der Waals surface area contributed by atoms with Gasteiger partial charge in [-0.15, -0.1) is 0 Å². The number of carbonyl (C=O) groups is 6. The zero-order valence-corrected chi connectivity index (χ0v) is 28.4. The molecule has 6 rings (SSSR count). The molecule has 5 amide bonds. The number of hydrogen-bond donors (Lipinski definition) is 2. The van der Waals surface area contributed by atoms with E-state index < -0.39 is 41.6 Å². The van der Waals surface area contributed by atoms with Crippen LogP contribution in [0.1, 0.15) is 37.7 Å². The van der Waals surface area contributed by atoms with Crippen LogP contribution in [0, 0.1) is 5.92 Å². The largest absolute Gasteiger partial charge is 0.468 e. The quantitative estimate of drug-likeness (QED) is 0.172. The lowest BCUT2D eigenvalue weighted by Crippen LogP contribution is -2.65. The number of nitrogens with one attached hydrogen (secondary N) is 1. The van der Waals surface area contributed by atoms with E-state index in [0.29, 0.717) is 67.9 Å². The molecule has 48 heavy (non-hydrogen) atoms. The van der Waals surface area contributed by atoms with Crippen LogP contribution < -0.4 is 5.32 Å². The Kier molecular flexibility index (Phi) is 9.89. The van der Waals surface area contributed by atoms with E-state index in [2.05, 4.69) is 17.9 Å². The van der Waals surface area contributed by atoms with Gasteiger partial charge < -0.3 is 29.7 Å². The lowest BCUT2D eigenvalue weighted by molar-refractivity contribution is -0.157. The molecule has 0 saturated carbocycles. The second-order valence-electron chi connectivity index (χ2n) is 13.0. The van der Waals surface area contributed by atoms with E-state index in [1.54, 1.807) is 40.1 Å². The molecule has 1 aromatic rings. The van der Waals surface area contributed by atoms with Crippen molar-refractivity contribution in [1.82, 2.24) is 24.9 Å². The molecule has 12 nitrogen and oxygen atoms in total. The second kappa shape index (κ2) is 13.9. The number of halogens is 1. The number of methoxy groups -OCH3 is 1. The third kappa shape index (κ3) is 5.89. The Morgan fingerprint density at radius 1 is 1.12 bits per heavy atom. The van der Waals surface area contributed by atoms with E-state index in [4.69, 9.17) is 16.3 Å². The second-order valence-corrected chi connectivity index (χ2v) is 13.8. The maximum atomic E-state index is 14.6. The van der Waals surface area contributed by atoms with Crippen LogP contribution in [0.4, 0.5) is 0 Å². The molecule has 3 fully saturated rings. The van der Waals surface area contributed by atoms with E-state index >= 15 is 0 Å². The van der Waals surface area contributed by atoms with E-state index in [9.17, 15) is 28.8 Å². The highest BCUT2D eigenvalue weighted by atomic mass is 35.5. The number of thiol groups is 1. The summed E-state index contributed by atoms with van der Waals surface area (Å²) in [5, 5.41) is 3.10. The lowest BCUT2D eigenvalue weighted by atomic mass is 9.88. The summed E-state index contributed by atoms with van der Waals surface area (Å²) in [5.41, 5.74) is -0.612. The SMILES string of the molecule is COC(=O)CN1C(=O)[C@@H]2[C@@H](C=C[C@H]1CS)CCN2C(=O)[C@@H]1CC[C@H]2C=C[C@]3(CCCN3C(=O)[C@H](Cc3ccccc3Cl)NC=O)C(=O)N21. The van der Waals surface area contributed by atoms with Gasteiger partial charge in [-0.2, -0.15) is 12.6 Å². The van der Waals surface area contributed by atoms with Gasteiger partial charge in [-0.05, 0) is 43.7 Å². The summed E-state index contributed by atoms with van der Waals surface area (Å²) in [4.78, 5) is 87.1. The molecule has 1 spiro atoms. The molecule has 0 unspecified atom stereocenters. The molecule has 14 heteroatoms. The molecular formula is C34H40ClN5O7S. The predicted molar refractivity (Wildman–Crippen MR) is 179 cm³/mol. The van der Waals surface area contributed by atoms with Crippen LogP contribution in [0.2, 0.25) is 5.02 Å². The fraction of sp³-hybridized carbons (Fsp3) is 0.529. The number of hydrogen-bond acceptors (Lipinski definition) is 8. The molecule has 5 aliphatic heterocycles. The summed E-state index contributed by atoms with van der Waals surface area (Å²) in [6.45, 7) is 0.377. The Morgan fingerprint density at radius 2 is 1.92 bits per heavy atom. The van der Waals surface area contributed by atoms with Crippen LogP contribution in [0.5, 0.6) is 0 Å². The third-order valence-corrected chi connectivity index (χ3v) is 11.3. The number of fused-ring (bicyclic) bond motifs is 2. The molecule has 0 aromatic heterocycles. The fourth-order valence-corrected chi connectivity index (χ4v) is 8.61. The maximum absolute atomic E-state index is 14.6. The Hall–Kier alpha value is -3.84. The average molecular weight is 698 g/mol. The molecular weight excluding hydrogens is 658 g/mol. The maximum Gasteiger partial charge on any atom is 0.325 e. The van der Waals surface area contributed by atoms with E-state index in [1.165, 1.54) is 16.9 Å². The van der Waals surface area contributed by atoms with Gasteiger partial charge in [-0.3, -0.25) is 28.8 Å². The molecule has 0 aliphatic carbocycles. The first-order valence-corrected chi connectivity index (χ1v) is 17.4. The molecule has 5 heterocycles. The molecule has 256 valence electrons. The summed E-state index contributed by atoms with van der Waals surface area (Å²) in [7, 11) is 1.26. The summed E-state index contributed by atoms with van der Waals surface area (Å²) < 4.78 is 4.84. The van der Waals surface area contributed by atoms with Crippen molar-refractivity contribution in [2.45, 2.75) is 74.3 Å². The highest BCUT2D eigenvalue weighted by molar-refractivity contribution is 7.80. The van der Waals surface area contributed by atoms with Gasteiger partial charge in [0, 0.05) is 36.2 Å². The monoisotopic (exact) mass is 697 g/mol. The van der Waals surface area contributed by atoms with Crippen molar-refractivity contribution >= 4 is 60.2 Å². The van der Waals surface area contributed by atoms with Crippen LogP contribution in [0.3, 0.4) is 0 Å². The normalized spacial score (nSPS) is 29.9. The fourth-order valence-electron chi connectivity index (χ4n) is 8.08. The van der Waals surface area contributed by atoms with Gasteiger partial charge >= 0.3 is 5.97 Å². The van der Waals surface area contributed by atoms with Crippen molar-refractivity contribution in [2.75, 3.05) is 32.5 Å². The third-order valence-electron chi connectivity index (χ3n) is 10.5. The highest BCUT2D eigenvalue weighted by Gasteiger charge is 2.58. The first kappa shape index (κ1) is 34.0. The lowest BCUT2D eigenvalue weighted by Gasteiger charge is -2.45. The van der Waals surface area contributed by atoms with E-state index in [-0.39, 0.29) is 42.6 Å². The average Bonchev–Trinajstić information content (AvgIpc) is 3.82. The number of esters is 1.